The first kappa shape index (κ1) is 14.8. The van der Waals surface area contributed by atoms with E-state index in [-0.39, 0.29) is 10.7 Å². The minimum Gasteiger partial charge on any atom is -0.263 e. The fourth-order valence-electron chi connectivity index (χ4n) is 1.85. The maximum absolute atomic E-state index is 12.4. The predicted molar refractivity (Wildman–Crippen MR) is 80.7 cm³/mol. The van der Waals surface area contributed by atoms with Crippen LogP contribution in [0.2, 0.25) is 5.02 Å². The van der Waals surface area contributed by atoms with E-state index in [1.807, 2.05) is 19.9 Å². The molecule has 0 saturated carbocycles. The van der Waals surface area contributed by atoms with Gasteiger partial charge in [-0.05, 0) is 55.7 Å². The summed E-state index contributed by atoms with van der Waals surface area (Å²) < 4.78 is 27.2. The van der Waals surface area contributed by atoms with Gasteiger partial charge in [-0.2, -0.15) is 0 Å². The Morgan fingerprint density at radius 1 is 1.05 bits per heavy atom. The summed E-state index contributed by atoms with van der Waals surface area (Å²) in [6.45, 7) is 5.61. The molecule has 0 spiro atoms. The van der Waals surface area contributed by atoms with Crippen LogP contribution in [0.3, 0.4) is 0 Å². The minimum absolute atomic E-state index is 0.243. The zero-order valence-corrected chi connectivity index (χ0v) is 13.0. The highest BCUT2D eigenvalue weighted by Gasteiger charge is 2.18. The van der Waals surface area contributed by atoms with Gasteiger partial charge in [0, 0.05) is 6.20 Å². The lowest BCUT2D eigenvalue weighted by Crippen LogP contribution is -2.15. The maximum atomic E-state index is 12.4. The molecule has 0 aliphatic rings. The van der Waals surface area contributed by atoms with Crippen LogP contribution in [0, 0.1) is 20.8 Å². The largest absolute Gasteiger partial charge is 0.263 e. The van der Waals surface area contributed by atoms with Gasteiger partial charge < -0.3 is 0 Å². The van der Waals surface area contributed by atoms with E-state index in [0.29, 0.717) is 10.6 Å². The highest BCUT2D eigenvalue weighted by atomic mass is 35.5. The zero-order valence-electron chi connectivity index (χ0n) is 11.4. The van der Waals surface area contributed by atoms with Gasteiger partial charge in [0.25, 0.3) is 10.0 Å². The van der Waals surface area contributed by atoms with E-state index in [1.54, 1.807) is 19.1 Å². The van der Waals surface area contributed by atoms with Crippen molar-refractivity contribution in [2.45, 2.75) is 25.7 Å². The number of aryl methyl sites for hydroxylation is 3. The van der Waals surface area contributed by atoms with Crippen molar-refractivity contribution in [3.63, 3.8) is 0 Å². The van der Waals surface area contributed by atoms with E-state index in [2.05, 4.69) is 9.71 Å². The van der Waals surface area contributed by atoms with Crippen LogP contribution in [-0.4, -0.2) is 13.4 Å². The standard InChI is InChI=1S/C14H15ClN2O2S/c1-9-6-11(3)13(7-10(9)2)20(18,19)17-14-5-4-12(15)8-16-14/h4-8H,1-3H3,(H,16,17). The molecular weight excluding hydrogens is 296 g/mol. The lowest BCUT2D eigenvalue weighted by atomic mass is 10.1. The Labute approximate surface area is 123 Å². The van der Waals surface area contributed by atoms with Gasteiger partial charge in [-0.3, -0.25) is 4.72 Å². The van der Waals surface area contributed by atoms with Crippen molar-refractivity contribution in [3.8, 4) is 0 Å². The van der Waals surface area contributed by atoms with Crippen molar-refractivity contribution >= 4 is 27.4 Å². The lowest BCUT2D eigenvalue weighted by Gasteiger charge is -2.12. The molecule has 1 aromatic heterocycles. The van der Waals surface area contributed by atoms with Crippen LogP contribution < -0.4 is 4.72 Å². The van der Waals surface area contributed by atoms with Gasteiger partial charge in [-0.1, -0.05) is 17.7 Å². The molecule has 0 aliphatic heterocycles. The molecule has 0 unspecified atom stereocenters. The number of nitrogens with zero attached hydrogens (tertiary/aromatic N) is 1. The van der Waals surface area contributed by atoms with Crippen molar-refractivity contribution < 1.29 is 8.42 Å². The molecule has 0 radical (unpaired) electrons. The van der Waals surface area contributed by atoms with Gasteiger partial charge >= 0.3 is 0 Å². The molecule has 0 fully saturated rings. The Morgan fingerprint density at radius 3 is 2.30 bits per heavy atom. The average Bonchev–Trinajstić information content (AvgIpc) is 2.36. The molecule has 2 aromatic rings. The second kappa shape index (κ2) is 5.42. The summed E-state index contributed by atoms with van der Waals surface area (Å²) in [5, 5.41) is 0.454. The first-order chi connectivity index (χ1) is 9.29. The third kappa shape index (κ3) is 3.11. The van der Waals surface area contributed by atoms with Crippen molar-refractivity contribution in [1.82, 2.24) is 4.98 Å². The number of hydrogen-bond acceptors (Lipinski definition) is 3. The third-order valence-electron chi connectivity index (χ3n) is 3.05. The van der Waals surface area contributed by atoms with E-state index in [4.69, 9.17) is 11.6 Å². The molecule has 20 heavy (non-hydrogen) atoms. The third-order valence-corrected chi connectivity index (χ3v) is 4.77. The zero-order chi connectivity index (χ0) is 14.9. The van der Waals surface area contributed by atoms with Crippen LogP contribution in [0.15, 0.2) is 35.4 Å². The Hall–Kier alpha value is -1.59. The number of pyridine rings is 1. The monoisotopic (exact) mass is 310 g/mol. The molecule has 0 amide bonds. The summed E-state index contributed by atoms with van der Waals surface area (Å²) >= 11 is 5.72. The predicted octanol–water partition coefficient (Wildman–Crippen LogP) is 3.46. The molecule has 1 aromatic carbocycles. The SMILES string of the molecule is Cc1cc(C)c(S(=O)(=O)Nc2ccc(Cl)cn2)cc1C. The number of nitrogens with one attached hydrogen (secondary N) is 1. The average molecular weight is 311 g/mol. The van der Waals surface area contributed by atoms with Crippen LogP contribution in [0.4, 0.5) is 5.82 Å². The van der Waals surface area contributed by atoms with Crippen molar-refractivity contribution in [2.24, 2.45) is 0 Å². The highest BCUT2D eigenvalue weighted by molar-refractivity contribution is 7.92. The number of anilines is 1. The van der Waals surface area contributed by atoms with E-state index in [0.717, 1.165) is 11.1 Å². The molecule has 0 saturated heterocycles. The minimum atomic E-state index is -3.65. The normalized spacial score (nSPS) is 11.4. The second-order valence-corrected chi connectivity index (χ2v) is 6.76. The summed E-state index contributed by atoms with van der Waals surface area (Å²) in [5.41, 5.74) is 2.70. The Balaban J connectivity index is 2.40. The van der Waals surface area contributed by atoms with Crippen LogP contribution in [0.5, 0.6) is 0 Å². The van der Waals surface area contributed by atoms with Crippen molar-refractivity contribution in [2.75, 3.05) is 4.72 Å². The summed E-state index contributed by atoms with van der Waals surface area (Å²) in [6.07, 6.45) is 1.40. The molecule has 4 nitrogen and oxygen atoms in total. The smallest absolute Gasteiger partial charge is 0.263 e. The Morgan fingerprint density at radius 2 is 1.70 bits per heavy atom. The lowest BCUT2D eigenvalue weighted by molar-refractivity contribution is 0.600. The molecule has 0 aliphatic carbocycles. The molecule has 1 N–H and O–H groups in total. The molecule has 1 heterocycles. The van der Waals surface area contributed by atoms with E-state index in [1.165, 1.54) is 12.3 Å². The topological polar surface area (TPSA) is 59.1 Å². The van der Waals surface area contributed by atoms with Gasteiger partial charge in [0.1, 0.15) is 5.82 Å². The fourth-order valence-corrected chi connectivity index (χ4v) is 3.28. The molecule has 2 rings (SSSR count). The number of aromatic nitrogens is 1. The summed E-state index contributed by atoms with van der Waals surface area (Å²) in [5.74, 6) is 0.243. The molecular formula is C14H15ClN2O2S. The van der Waals surface area contributed by atoms with Crippen LogP contribution >= 0.6 is 11.6 Å². The number of rotatable bonds is 3. The summed E-state index contributed by atoms with van der Waals surface area (Å²) in [6, 6.07) is 6.64. The molecule has 0 atom stereocenters. The van der Waals surface area contributed by atoms with Gasteiger partial charge in [0.2, 0.25) is 0 Å². The molecule has 6 heteroatoms. The Bertz CT molecular complexity index is 741. The van der Waals surface area contributed by atoms with Crippen LogP contribution in [0.25, 0.3) is 0 Å². The van der Waals surface area contributed by atoms with E-state index >= 15 is 0 Å². The first-order valence-electron chi connectivity index (χ1n) is 6.02. The number of sulfonamides is 1. The fraction of sp³-hybridized carbons (Fsp3) is 0.214. The van der Waals surface area contributed by atoms with Gasteiger partial charge in [0.15, 0.2) is 0 Å². The van der Waals surface area contributed by atoms with Crippen molar-refractivity contribution in [1.29, 1.82) is 0 Å². The van der Waals surface area contributed by atoms with Crippen LogP contribution in [0.1, 0.15) is 16.7 Å². The van der Waals surface area contributed by atoms with Gasteiger partial charge in [-0.25, -0.2) is 13.4 Å². The second-order valence-electron chi connectivity index (χ2n) is 4.67. The van der Waals surface area contributed by atoms with Gasteiger partial charge in [-0.15, -0.1) is 0 Å². The molecule has 106 valence electrons. The van der Waals surface area contributed by atoms with Crippen molar-refractivity contribution in [3.05, 3.63) is 52.2 Å². The number of hydrogen-bond donors (Lipinski definition) is 1. The van der Waals surface area contributed by atoms with Crippen LogP contribution in [-0.2, 0) is 10.0 Å². The van der Waals surface area contributed by atoms with E-state index in [9.17, 15) is 8.42 Å². The number of benzene rings is 1. The van der Waals surface area contributed by atoms with Gasteiger partial charge in [0.05, 0.1) is 9.92 Å². The number of halogens is 1. The first-order valence-corrected chi connectivity index (χ1v) is 7.88. The Kier molecular flexibility index (Phi) is 4.01. The highest BCUT2D eigenvalue weighted by Crippen LogP contribution is 2.22. The summed E-state index contributed by atoms with van der Waals surface area (Å²) in [7, 11) is -3.65. The molecule has 0 bridgehead atoms. The quantitative estimate of drug-likeness (QED) is 0.944. The van der Waals surface area contributed by atoms with E-state index < -0.39 is 10.0 Å². The maximum Gasteiger partial charge on any atom is 0.263 e. The summed E-state index contributed by atoms with van der Waals surface area (Å²) in [4.78, 5) is 4.20.